The molecule has 0 saturated heterocycles. The molecule has 0 bridgehead atoms. The second kappa shape index (κ2) is 11.2. The summed E-state index contributed by atoms with van der Waals surface area (Å²) in [6.07, 6.45) is 0. The Hall–Kier alpha value is -6.70. The Morgan fingerprint density at radius 2 is 0.865 bits per heavy atom. The molecular formula is C51H33N. The molecular weight excluding hydrogens is 627 g/mol. The lowest BCUT2D eigenvalue weighted by Crippen LogP contribution is -2.26. The monoisotopic (exact) mass is 659 g/mol. The molecule has 1 heteroatoms. The zero-order chi connectivity index (χ0) is 34.2. The van der Waals surface area contributed by atoms with Crippen molar-refractivity contribution in [3.8, 4) is 33.4 Å². The number of anilines is 3. The molecule has 52 heavy (non-hydrogen) atoms. The number of rotatable bonds is 4. The molecule has 2 aliphatic rings. The van der Waals surface area contributed by atoms with E-state index < -0.39 is 5.41 Å². The molecule has 242 valence electrons. The van der Waals surface area contributed by atoms with Crippen molar-refractivity contribution in [1.82, 2.24) is 0 Å². The molecule has 1 spiro atoms. The molecule has 0 aliphatic heterocycles. The maximum atomic E-state index is 2.48. The van der Waals surface area contributed by atoms with Crippen LogP contribution in [0.15, 0.2) is 200 Å². The second-order valence-electron chi connectivity index (χ2n) is 14.0. The zero-order valence-corrected chi connectivity index (χ0v) is 28.5. The average molecular weight is 660 g/mol. The first-order chi connectivity index (χ1) is 25.8. The molecule has 0 fully saturated rings. The summed E-state index contributed by atoms with van der Waals surface area (Å²) in [6.45, 7) is 0. The van der Waals surface area contributed by atoms with Crippen LogP contribution in [-0.2, 0) is 5.41 Å². The van der Waals surface area contributed by atoms with E-state index in [-0.39, 0.29) is 0 Å². The standard InChI is InChI=1S/C51H33N/c1-2-16-38(17-3-1)52(49-24-12-15-35-13-4-6-18-40(35)49)39-29-25-34(26-30-39)37-28-31-44-45-32-27-36-14-5-7-19-41(36)50(45)51(48(44)33-37)46-22-10-8-20-42(46)43-21-9-11-23-47(43)51/h1-33H. The number of nitrogens with zero attached hydrogens (tertiary/aromatic N) is 1. The van der Waals surface area contributed by atoms with Crippen molar-refractivity contribution in [2.24, 2.45) is 0 Å². The first-order valence-electron chi connectivity index (χ1n) is 18.1. The van der Waals surface area contributed by atoms with Gasteiger partial charge in [0, 0.05) is 16.8 Å². The lowest BCUT2D eigenvalue weighted by Gasteiger charge is -2.31. The Balaban J connectivity index is 1.10. The van der Waals surface area contributed by atoms with Gasteiger partial charge in [0.15, 0.2) is 0 Å². The first kappa shape index (κ1) is 29.1. The van der Waals surface area contributed by atoms with E-state index in [1.165, 1.54) is 82.9 Å². The Labute approximate surface area is 303 Å². The Morgan fingerprint density at radius 1 is 0.327 bits per heavy atom. The fourth-order valence-electron chi connectivity index (χ4n) is 9.31. The van der Waals surface area contributed by atoms with Gasteiger partial charge in [0.25, 0.3) is 0 Å². The van der Waals surface area contributed by atoms with Gasteiger partial charge in [0.1, 0.15) is 0 Å². The van der Waals surface area contributed by atoms with Gasteiger partial charge in [-0.25, -0.2) is 0 Å². The van der Waals surface area contributed by atoms with Gasteiger partial charge >= 0.3 is 0 Å². The predicted octanol–water partition coefficient (Wildman–Crippen LogP) is 13.5. The van der Waals surface area contributed by atoms with Crippen LogP contribution in [0.5, 0.6) is 0 Å². The van der Waals surface area contributed by atoms with Gasteiger partial charge in [0.05, 0.1) is 11.1 Å². The van der Waals surface area contributed by atoms with Gasteiger partial charge in [-0.15, -0.1) is 0 Å². The van der Waals surface area contributed by atoms with Crippen molar-refractivity contribution >= 4 is 38.6 Å². The Bertz CT molecular complexity index is 2800. The summed E-state index contributed by atoms with van der Waals surface area (Å²) < 4.78 is 0. The van der Waals surface area contributed by atoms with Crippen molar-refractivity contribution in [2.75, 3.05) is 4.90 Å². The quantitative estimate of drug-likeness (QED) is 0.182. The molecule has 11 rings (SSSR count). The van der Waals surface area contributed by atoms with E-state index in [0.717, 1.165) is 11.4 Å². The van der Waals surface area contributed by atoms with E-state index in [1.54, 1.807) is 0 Å². The van der Waals surface area contributed by atoms with Gasteiger partial charge in [-0.1, -0.05) is 164 Å². The summed E-state index contributed by atoms with van der Waals surface area (Å²) in [4.78, 5) is 2.37. The van der Waals surface area contributed by atoms with E-state index in [9.17, 15) is 0 Å². The third-order valence-corrected chi connectivity index (χ3v) is 11.5. The van der Waals surface area contributed by atoms with Gasteiger partial charge in [-0.3, -0.25) is 0 Å². The molecule has 9 aromatic rings. The summed E-state index contributed by atoms with van der Waals surface area (Å²) in [5.74, 6) is 0. The van der Waals surface area contributed by atoms with E-state index in [0.29, 0.717) is 0 Å². The van der Waals surface area contributed by atoms with Crippen molar-refractivity contribution in [1.29, 1.82) is 0 Å². The van der Waals surface area contributed by atoms with Crippen LogP contribution >= 0.6 is 0 Å². The highest BCUT2D eigenvalue weighted by Crippen LogP contribution is 2.64. The number of hydrogen-bond donors (Lipinski definition) is 0. The second-order valence-corrected chi connectivity index (χ2v) is 14.0. The summed E-state index contributed by atoms with van der Waals surface area (Å²) in [5, 5.41) is 5.06. The van der Waals surface area contributed by atoms with E-state index in [4.69, 9.17) is 0 Å². The lowest BCUT2D eigenvalue weighted by molar-refractivity contribution is 0.801. The Morgan fingerprint density at radius 3 is 1.62 bits per heavy atom. The third-order valence-electron chi connectivity index (χ3n) is 11.5. The molecule has 2 aliphatic carbocycles. The lowest BCUT2D eigenvalue weighted by atomic mass is 9.69. The minimum atomic E-state index is -0.410. The summed E-state index contributed by atoms with van der Waals surface area (Å²) >= 11 is 0. The number of benzene rings is 9. The predicted molar refractivity (Wildman–Crippen MR) is 218 cm³/mol. The number of fused-ring (bicyclic) bond motifs is 13. The molecule has 0 atom stereocenters. The largest absolute Gasteiger partial charge is 0.310 e. The summed E-state index contributed by atoms with van der Waals surface area (Å²) in [6, 6.07) is 73.9. The first-order valence-corrected chi connectivity index (χ1v) is 18.1. The highest BCUT2D eigenvalue weighted by molar-refractivity contribution is 6.04. The van der Waals surface area contributed by atoms with Crippen LogP contribution in [0.2, 0.25) is 0 Å². The van der Waals surface area contributed by atoms with Crippen molar-refractivity contribution in [3.63, 3.8) is 0 Å². The molecule has 0 radical (unpaired) electrons. The number of para-hydroxylation sites is 1. The fourth-order valence-corrected chi connectivity index (χ4v) is 9.31. The molecule has 0 N–H and O–H groups in total. The molecule has 0 saturated carbocycles. The topological polar surface area (TPSA) is 3.24 Å². The SMILES string of the molecule is c1ccc(N(c2ccc(-c3ccc4c(c3)C3(c5ccccc5-c5ccccc53)c3c-4ccc4ccccc34)cc2)c2cccc3ccccc23)cc1. The minimum Gasteiger partial charge on any atom is -0.310 e. The molecule has 0 amide bonds. The molecule has 0 aromatic heterocycles. The van der Waals surface area contributed by atoms with Crippen LogP contribution in [0.1, 0.15) is 22.3 Å². The zero-order valence-electron chi connectivity index (χ0n) is 28.5. The van der Waals surface area contributed by atoms with Crippen LogP contribution in [0.25, 0.3) is 54.9 Å². The third kappa shape index (κ3) is 3.99. The molecule has 0 unspecified atom stereocenters. The van der Waals surface area contributed by atoms with Crippen molar-refractivity contribution in [2.45, 2.75) is 5.41 Å². The van der Waals surface area contributed by atoms with Crippen LogP contribution in [0.4, 0.5) is 17.1 Å². The van der Waals surface area contributed by atoms with Gasteiger partial charge < -0.3 is 4.90 Å². The Kier molecular flexibility index (Phi) is 6.23. The fraction of sp³-hybridized carbons (Fsp3) is 0.0196. The minimum absolute atomic E-state index is 0.410. The van der Waals surface area contributed by atoms with Crippen LogP contribution in [-0.4, -0.2) is 0 Å². The summed E-state index contributed by atoms with van der Waals surface area (Å²) in [7, 11) is 0. The van der Waals surface area contributed by atoms with E-state index in [2.05, 4.69) is 205 Å². The maximum absolute atomic E-state index is 2.48. The van der Waals surface area contributed by atoms with E-state index in [1.807, 2.05) is 0 Å². The highest BCUT2D eigenvalue weighted by atomic mass is 15.1. The highest BCUT2D eigenvalue weighted by Gasteiger charge is 2.52. The van der Waals surface area contributed by atoms with Crippen LogP contribution < -0.4 is 4.90 Å². The van der Waals surface area contributed by atoms with Crippen LogP contribution in [0.3, 0.4) is 0 Å². The summed E-state index contributed by atoms with van der Waals surface area (Å²) in [5.41, 5.74) is 16.2. The van der Waals surface area contributed by atoms with Crippen molar-refractivity contribution in [3.05, 3.63) is 222 Å². The van der Waals surface area contributed by atoms with Gasteiger partial charge in [0.2, 0.25) is 0 Å². The maximum Gasteiger partial charge on any atom is 0.0731 e. The number of hydrogen-bond acceptors (Lipinski definition) is 1. The van der Waals surface area contributed by atoms with Crippen LogP contribution in [0, 0.1) is 0 Å². The normalized spacial score (nSPS) is 13.2. The van der Waals surface area contributed by atoms with E-state index >= 15 is 0 Å². The smallest absolute Gasteiger partial charge is 0.0731 e. The van der Waals surface area contributed by atoms with Crippen molar-refractivity contribution < 1.29 is 0 Å². The molecule has 0 heterocycles. The van der Waals surface area contributed by atoms with Gasteiger partial charge in [-0.05, 0) is 108 Å². The molecule has 9 aromatic carbocycles. The molecule has 1 nitrogen and oxygen atoms in total. The average Bonchev–Trinajstić information content (AvgIpc) is 3.69. The van der Waals surface area contributed by atoms with Gasteiger partial charge in [-0.2, -0.15) is 0 Å².